The number of carbonyl (C=O) groups is 3. The fourth-order valence-electron chi connectivity index (χ4n) is 4.94. The van der Waals surface area contributed by atoms with E-state index in [1.165, 1.54) is 22.3 Å². The van der Waals surface area contributed by atoms with Crippen molar-refractivity contribution >= 4 is 18.0 Å². The van der Waals surface area contributed by atoms with Crippen LogP contribution in [0.2, 0.25) is 0 Å². The van der Waals surface area contributed by atoms with Crippen molar-refractivity contribution in [2.75, 3.05) is 32.8 Å². The molecule has 0 saturated carbocycles. The SMILES string of the molecule is CCC(CNC(=O)CN1CCC(NC(=O)OCC2c3ccccc3-c3ccccc32)CC1)C(=O)O. The largest absolute Gasteiger partial charge is 0.481 e. The van der Waals surface area contributed by atoms with E-state index in [-0.39, 0.29) is 37.6 Å². The van der Waals surface area contributed by atoms with Crippen LogP contribution in [0.1, 0.15) is 43.2 Å². The summed E-state index contributed by atoms with van der Waals surface area (Å²) >= 11 is 0. The number of rotatable bonds is 9. The molecule has 0 bridgehead atoms. The molecule has 1 atom stereocenters. The van der Waals surface area contributed by atoms with Gasteiger partial charge in [0.05, 0.1) is 12.5 Å². The second-order valence-corrected chi connectivity index (χ2v) is 9.27. The summed E-state index contributed by atoms with van der Waals surface area (Å²) in [6.45, 7) is 3.81. The highest BCUT2D eigenvalue weighted by Crippen LogP contribution is 2.44. The van der Waals surface area contributed by atoms with E-state index in [2.05, 4.69) is 34.9 Å². The van der Waals surface area contributed by atoms with Gasteiger partial charge in [-0.2, -0.15) is 0 Å². The van der Waals surface area contributed by atoms with Crippen LogP contribution in [0.25, 0.3) is 11.1 Å². The van der Waals surface area contributed by atoms with Gasteiger partial charge in [-0.15, -0.1) is 0 Å². The first-order chi connectivity index (χ1) is 17.0. The third-order valence-electron chi connectivity index (χ3n) is 7.01. The van der Waals surface area contributed by atoms with E-state index in [1.807, 2.05) is 29.2 Å². The number of alkyl carbamates (subject to hydrolysis) is 1. The highest BCUT2D eigenvalue weighted by Gasteiger charge is 2.29. The molecule has 2 aliphatic rings. The lowest BCUT2D eigenvalue weighted by molar-refractivity contribution is -0.141. The van der Waals surface area contributed by atoms with Crippen molar-refractivity contribution in [2.45, 2.75) is 38.1 Å². The maximum absolute atomic E-state index is 12.5. The van der Waals surface area contributed by atoms with E-state index in [4.69, 9.17) is 9.84 Å². The lowest BCUT2D eigenvalue weighted by Crippen LogP contribution is -2.48. The number of nitrogens with zero attached hydrogens (tertiary/aromatic N) is 1. The summed E-state index contributed by atoms with van der Waals surface area (Å²) in [6.07, 6.45) is 1.51. The van der Waals surface area contributed by atoms with Gasteiger partial charge in [-0.1, -0.05) is 55.5 Å². The number of piperidine rings is 1. The third kappa shape index (κ3) is 6.00. The topological polar surface area (TPSA) is 108 Å². The summed E-state index contributed by atoms with van der Waals surface area (Å²) in [6, 6.07) is 16.5. The van der Waals surface area contributed by atoms with Crippen LogP contribution >= 0.6 is 0 Å². The molecular weight excluding hydrogens is 446 g/mol. The van der Waals surface area contributed by atoms with Gasteiger partial charge in [0.1, 0.15) is 6.61 Å². The lowest BCUT2D eigenvalue weighted by Gasteiger charge is -2.31. The van der Waals surface area contributed by atoms with Crippen LogP contribution in [0.15, 0.2) is 48.5 Å². The highest BCUT2D eigenvalue weighted by atomic mass is 16.5. The van der Waals surface area contributed by atoms with Crippen molar-refractivity contribution in [3.8, 4) is 11.1 Å². The van der Waals surface area contributed by atoms with Crippen LogP contribution < -0.4 is 10.6 Å². The Kier molecular flexibility index (Phi) is 8.02. The predicted molar refractivity (Wildman–Crippen MR) is 132 cm³/mol. The minimum absolute atomic E-state index is 0.00134. The molecule has 1 unspecified atom stereocenters. The molecule has 8 nitrogen and oxygen atoms in total. The Morgan fingerprint density at radius 3 is 2.20 bits per heavy atom. The van der Waals surface area contributed by atoms with Crippen LogP contribution in [0.5, 0.6) is 0 Å². The van der Waals surface area contributed by atoms with Gasteiger partial charge in [0.15, 0.2) is 0 Å². The molecule has 2 aromatic carbocycles. The number of carbonyl (C=O) groups excluding carboxylic acids is 2. The minimum atomic E-state index is -0.895. The number of benzene rings is 2. The number of likely N-dealkylation sites (tertiary alicyclic amines) is 1. The summed E-state index contributed by atoms with van der Waals surface area (Å²) in [5.74, 6) is -1.60. The van der Waals surface area contributed by atoms with Gasteiger partial charge in [0.2, 0.25) is 5.91 Å². The number of hydrogen-bond donors (Lipinski definition) is 3. The Hall–Kier alpha value is -3.39. The van der Waals surface area contributed by atoms with E-state index in [0.717, 1.165) is 12.8 Å². The molecule has 3 N–H and O–H groups in total. The number of hydrogen-bond acceptors (Lipinski definition) is 5. The van der Waals surface area contributed by atoms with Gasteiger partial charge in [-0.25, -0.2) is 4.79 Å². The molecule has 4 rings (SSSR count). The standard InChI is InChI=1S/C27H33N3O5/c1-2-18(26(32)33)15-28-25(31)16-30-13-11-19(12-14-30)29-27(34)35-17-24-22-9-5-3-7-20(22)21-8-4-6-10-23(21)24/h3-10,18-19,24H,2,11-17H2,1H3,(H,28,31)(H,29,34)(H,32,33). The maximum Gasteiger partial charge on any atom is 0.407 e. The lowest BCUT2D eigenvalue weighted by atomic mass is 9.98. The molecule has 0 radical (unpaired) electrons. The molecule has 1 aliphatic heterocycles. The molecule has 1 saturated heterocycles. The van der Waals surface area contributed by atoms with Crippen molar-refractivity contribution in [2.24, 2.45) is 5.92 Å². The number of ether oxygens (including phenoxy) is 1. The predicted octanol–water partition coefficient (Wildman–Crippen LogP) is 3.22. The van der Waals surface area contributed by atoms with Crippen molar-refractivity contribution in [1.82, 2.24) is 15.5 Å². The Bertz CT molecular complexity index is 1020. The number of nitrogens with one attached hydrogen (secondary N) is 2. The first-order valence-electron chi connectivity index (χ1n) is 12.3. The van der Waals surface area contributed by atoms with E-state index in [9.17, 15) is 14.4 Å². The maximum atomic E-state index is 12.5. The molecule has 186 valence electrons. The molecule has 0 spiro atoms. The van der Waals surface area contributed by atoms with Crippen molar-refractivity contribution in [1.29, 1.82) is 0 Å². The van der Waals surface area contributed by atoms with Crippen molar-refractivity contribution in [3.05, 3.63) is 59.7 Å². The smallest absolute Gasteiger partial charge is 0.407 e. The molecule has 1 heterocycles. The quantitative estimate of drug-likeness (QED) is 0.510. The summed E-state index contributed by atoms with van der Waals surface area (Å²) in [7, 11) is 0. The van der Waals surface area contributed by atoms with Gasteiger partial charge in [-0.05, 0) is 41.5 Å². The molecule has 2 aromatic rings. The summed E-state index contributed by atoms with van der Waals surface area (Å²) in [5, 5.41) is 14.8. The Morgan fingerprint density at radius 2 is 1.63 bits per heavy atom. The van der Waals surface area contributed by atoms with Gasteiger partial charge < -0.3 is 20.5 Å². The molecule has 2 amide bonds. The number of aliphatic carboxylic acids is 1. The zero-order valence-electron chi connectivity index (χ0n) is 20.0. The van der Waals surface area contributed by atoms with Crippen LogP contribution in [0, 0.1) is 5.92 Å². The minimum Gasteiger partial charge on any atom is -0.481 e. The van der Waals surface area contributed by atoms with Crippen molar-refractivity contribution < 1.29 is 24.2 Å². The first-order valence-corrected chi connectivity index (χ1v) is 12.3. The zero-order valence-corrected chi connectivity index (χ0v) is 20.0. The molecule has 35 heavy (non-hydrogen) atoms. The Balaban J connectivity index is 1.20. The number of carboxylic acid groups (broad SMARTS) is 1. The van der Waals surface area contributed by atoms with Crippen LogP contribution in [0.3, 0.4) is 0 Å². The third-order valence-corrected chi connectivity index (χ3v) is 7.01. The number of fused-ring (bicyclic) bond motifs is 3. The van der Waals surface area contributed by atoms with E-state index in [0.29, 0.717) is 19.5 Å². The van der Waals surface area contributed by atoms with E-state index < -0.39 is 18.0 Å². The van der Waals surface area contributed by atoms with Crippen LogP contribution in [0.4, 0.5) is 4.79 Å². The van der Waals surface area contributed by atoms with E-state index >= 15 is 0 Å². The first kappa shape index (κ1) is 24.7. The fourth-order valence-corrected chi connectivity index (χ4v) is 4.94. The highest BCUT2D eigenvalue weighted by molar-refractivity contribution is 5.80. The Labute approximate surface area is 205 Å². The fraction of sp³-hybridized carbons (Fsp3) is 0.444. The summed E-state index contributed by atoms with van der Waals surface area (Å²) in [4.78, 5) is 37.8. The van der Waals surface area contributed by atoms with Gasteiger partial charge in [0, 0.05) is 31.6 Å². The van der Waals surface area contributed by atoms with Crippen molar-refractivity contribution in [3.63, 3.8) is 0 Å². The van der Waals surface area contributed by atoms with Gasteiger partial charge >= 0.3 is 12.1 Å². The average Bonchev–Trinajstić information content (AvgIpc) is 3.18. The monoisotopic (exact) mass is 479 g/mol. The second kappa shape index (κ2) is 11.4. The summed E-state index contributed by atoms with van der Waals surface area (Å²) < 4.78 is 5.64. The number of carboxylic acids is 1. The zero-order chi connectivity index (χ0) is 24.8. The average molecular weight is 480 g/mol. The van der Waals surface area contributed by atoms with Gasteiger partial charge in [0.25, 0.3) is 0 Å². The molecule has 1 fully saturated rings. The summed E-state index contributed by atoms with van der Waals surface area (Å²) in [5.41, 5.74) is 4.76. The molecule has 1 aliphatic carbocycles. The molecule has 8 heteroatoms. The molecular formula is C27H33N3O5. The Morgan fingerprint density at radius 1 is 1.03 bits per heavy atom. The number of amides is 2. The normalized spacial score (nSPS) is 16.7. The second-order valence-electron chi connectivity index (χ2n) is 9.27. The van der Waals surface area contributed by atoms with E-state index in [1.54, 1.807) is 6.92 Å². The van der Waals surface area contributed by atoms with Gasteiger partial charge in [-0.3, -0.25) is 14.5 Å². The van der Waals surface area contributed by atoms with Crippen LogP contribution in [-0.4, -0.2) is 66.8 Å². The van der Waals surface area contributed by atoms with Crippen LogP contribution in [-0.2, 0) is 14.3 Å². The molecule has 0 aromatic heterocycles.